The van der Waals surface area contributed by atoms with E-state index in [4.69, 9.17) is 5.10 Å². The van der Waals surface area contributed by atoms with Crippen molar-refractivity contribution in [1.29, 1.82) is 0 Å². The largest absolute Gasteiger partial charge is 0.343 e. The van der Waals surface area contributed by atoms with Gasteiger partial charge in [0, 0.05) is 37.9 Å². The van der Waals surface area contributed by atoms with E-state index in [2.05, 4.69) is 16.5 Å². The van der Waals surface area contributed by atoms with E-state index in [1.807, 2.05) is 14.1 Å². The molecular weight excluding hydrogens is 348 g/mol. The molecule has 5 heteroatoms. The van der Waals surface area contributed by atoms with Crippen LogP contribution in [0.5, 0.6) is 0 Å². The number of likely N-dealkylation sites (tertiary alicyclic amines) is 1. The second kappa shape index (κ2) is 8.56. The number of amides is 1. The van der Waals surface area contributed by atoms with E-state index < -0.39 is 0 Å². The second-order valence-electron chi connectivity index (χ2n) is 9.77. The second-order valence-corrected chi connectivity index (χ2v) is 9.77. The Morgan fingerprint density at radius 2 is 1.79 bits per heavy atom. The Balaban J connectivity index is 1.56. The average Bonchev–Trinajstić information content (AvgIpc) is 3.06. The Hall–Kier alpha value is -1.36. The lowest BCUT2D eigenvalue weighted by molar-refractivity contribution is 0.0818. The topological polar surface area (TPSA) is 41.4 Å². The Kier molecular flexibility index (Phi) is 6.10. The van der Waals surface area contributed by atoms with Crippen molar-refractivity contribution < 1.29 is 4.79 Å². The van der Waals surface area contributed by atoms with Crippen molar-refractivity contribution in [3.63, 3.8) is 0 Å². The minimum absolute atomic E-state index is 0.0755. The van der Waals surface area contributed by atoms with Crippen molar-refractivity contribution in [3.8, 4) is 0 Å². The summed E-state index contributed by atoms with van der Waals surface area (Å²) in [6.45, 7) is 5.82. The highest BCUT2D eigenvalue weighted by Crippen LogP contribution is 2.32. The fraction of sp³-hybridized carbons (Fsp3) is 0.826. The lowest BCUT2D eigenvalue weighted by Crippen LogP contribution is -2.44. The molecule has 0 N–H and O–H groups in total. The van der Waals surface area contributed by atoms with Gasteiger partial charge in [-0.1, -0.05) is 26.2 Å². The Morgan fingerprint density at radius 3 is 2.46 bits per heavy atom. The standard InChI is InChI=1S/C23H38N4O/c1-17-11-13-26(14-12-17)19-9-10-21-20(15-19)22(23(28)25(2)3)24-27(21)16-18-7-5-4-6-8-18/h17-19H,4-16H2,1-3H3. The molecule has 0 bridgehead atoms. The normalized spacial score (nSPS) is 24.9. The minimum Gasteiger partial charge on any atom is -0.343 e. The fourth-order valence-electron chi connectivity index (χ4n) is 5.52. The smallest absolute Gasteiger partial charge is 0.274 e. The number of fused-ring (bicyclic) bond motifs is 1. The lowest BCUT2D eigenvalue weighted by atomic mass is 9.87. The van der Waals surface area contributed by atoms with Crippen LogP contribution in [0.2, 0.25) is 0 Å². The third-order valence-electron chi connectivity index (χ3n) is 7.42. The van der Waals surface area contributed by atoms with Gasteiger partial charge in [0.25, 0.3) is 5.91 Å². The molecule has 156 valence electrons. The lowest BCUT2D eigenvalue weighted by Gasteiger charge is -2.38. The predicted octanol–water partition coefficient (Wildman–Crippen LogP) is 3.75. The zero-order chi connectivity index (χ0) is 19.7. The van der Waals surface area contributed by atoms with Crippen molar-refractivity contribution in [1.82, 2.24) is 19.6 Å². The summed E-state index contributed by atoms with van der Waals surface area (Å²) in [5.41, 5.74) is 3.34. The first-order valence-electron chi connectivity index (χ1n) is 11.6. The van der Waals surface area contributed by atoms with Crippen LogP contribution in [-0.4, -0.2) is 58.7 Å². The summed E-state index contributed by atoms with van der Waals surface area (Å²) in [6, 6.07) is 0.584. The molecular formula is C23H38N4O. The molecule has 0 aromatic carbocycles. The van der Waals surface area contributed by atoms with E-state index in [9.17, 15) is 4.79 Å². The summed E-state index contributed by atoms with van der Waals surface area (Å²) in [5, 5.41) is 4.91. The van der Waals surface area contributed by atoms with E-state index in [1.54, 1.807) is 4.90 Å². The Bertz CT molecular complexity index is 681. The zero-order valence-corrected chi connectivity index (χ0v) is 18.1. The molecule has 28 heavy (non-hydrogen) atoms. The molecule has 2 fully saturated rings. The average molecular weight is 387 g/mol. The summed E-state index contributed by atoms with van der Waals surface area (Å²) in [5.74, 6) is 1.67. The molecule has 1 amide bonds. The van der Waals surface area contributed by atoms with Gasteiger partial charge >= 0.3 is 0 Å². The number of carbonyl (C=O) groups excluding carboxylic acids is 1. The number of rotatable bonds is 4. The molecule has 1 aliphatic heterocycles. The zero-order valence-electron chi connectivity index (χ0n) is 18.1. The third-order valence-corrected chi connectivity index (χ3v) is 7.42. The van der Waals surface area contributed by atoms with Crippen LogP contribution < -0.4 is 0 Å². The quantitative estimate of drug-likeness (QED) is 0.791. The molecule has 1 saturated heterocycles. The summed E-state index contributed by atoms with van der Waals surface area (Å²) in [4.78, 5) is 17.3. The number of nitrogens with zero attached hydrogens (tertiary/aromatic N) is 4. The molecule has 1 unspecified atom stereocenters. The van der Waals surface area contributed by atoms with Crippen LogP contribution in [0, 0.1) is 11.8 Å². The molecule has 1 saturated carbocycles. The van der Waals surface area contributed by atoms with Crippen LogP contribution in [0.3, 0.4) is 0 Å². The van der Waals surface area contributed by atoms with Crippen molar-refractivity contribution in [2.45, 2.75) is 83.7 Å². The van der Waals surface area contributed by atoms with Gasteiger partial charge in [-0.25, -0.2) is 0 Å². The van der Waals surface area contributed by atoms with Gasteiger partial charge < -0.3 is 9.80 Å². The van der Waals surface area contributed by atoms with Gasteiger partial charge in [-0.3, -0.25) is 9.48 Å². The van der Waals surface area contributed by atoms with Gasteiger partial charge in [0.1, 0.15) is 0 Å². The first-order chi connectivity index (χ1) is 13.5. The van der Waals surface area contributed by atoms with Crippen LogP contribution >= 0.6 is 0 Å². The Morgan fingerprint density at radius 1 is 1.07 bits per heavy atom. The minimum atomic E-state index is 0.0755. The monoisotopic (exact) mass is 386 g/mol. The summed E-state index contributed by atoms with van der Waals surface area (Å²) < 4.78 is 2.23. The number of piperidine rings is 1. The molecule has 1 atom stereocenters. The van der Waals surface area contributed by atoms with Gasteiger partial charge in [0.15, 0.2) is 5.69 Å². The molecule has 3 aliphatic rings. The van der Waals surface area contributed by atoms with E-state index in [-0.39, 0.29) is 5.91 Å². The third kappa shape index (κ3) is 4.14. The van der Waals surface area contributed by atoms with Crippen molar-refractivity contribution in [3.05, 3.63) is 17.0 Å². The Labute approximate surface area is 170 Å². The molecule has 4 rings (SSSR count). The maximum Gasteiger partial charge on any atom is 0.274 e. The van der Waals surface area contributed by atoms with E-state index in [0.29, 0.717) is 6.04 Å². The van der Waals surface area contributed by atoms with E-state index in [0.717, 1.165) is 36.9 Å². The van der Waals surface area contributed by atoms with Crippen LogP contribution in [0.25, 0.3) is 0 Å². The molecule has 0 spiro atoms. The van der Waals surface area contributed by atoms with Crippen LogP contribution in [0.1, 0.15) is 80.0 Å². The van der Waals surface area contributed by atoms with Gasteiger partial charge in [-0.2, -0.15) is 5.10 Å². The number of aromatic nitrogens is 2. The molecule has 0 radical (unpaired) electrons. The maximum atomic E-state index is 12.9. The predicted molar refractivity (Wildman–Crippen MR) is 113 cm³/mol. The van der Waals surface area contributed by atoms with E-state index in [1.165, 1.54) is 75.7 Å². The fourth-order valence-corrected chi connectivity index (χ4v) is 5.52. The summed E-state index contributed by atoms with van der Waals surface area (Å²) >= 11 is 0. The first-order valence-corrected chi connectivity index (χ1v) is 11.6. The van der Waals surface area contributed by atoms with Crippen LogP contribution in [0.4, 0.5) is 0 Å². The van der Waals surface area contributed by atoms with Gasteiger partial charge in [0.05, 0.1) is 0 Å². The van der Waals surface area contributed by atoms with Crippen LogP contribution in [0.15, 0.2) is 0 Å². The van der Waals surface area contributed by atoms with Gasteiger partial charge in [-0.05, 0) is 69.9 Å². The number of carbonyl (C=O) groups is 1. The molecule has 2 aliphatic carbocycles. The van der Waals surface area contributed by atoms with Crippen LogP contribution in [-0.2, 0) is 19.4 Å². The highest BCUT2D eigenvalue weighted by molar-refractivity contribution is 5.93. The highest BCUT2D eigenvalue weighted by atomic mass is 16.2. The first kappa shape index (κ1) is 19.9. The summed E-state index contributed by atoms with van der Waals surface area (Å²) in [6.07, 6.45) is 12.7. The molecule has 5 nitrogen and oxygen atoms in total. The summed E-state index contributed by atoms with van der Waals surface area (Å²) in [7, 11) is 3.70. The van der Waals surface area contributed by atoms with Gasteiger partial charge in [0.2, 0.25) is 0 Å². The number of hydrogen-bond donors (Lipinski definition) is 0. The SMILES string of the molecule is CC1CCN(C2CCc3c(c(C(=O)N(C)C)nn3CC3CCCCC3)C2)CC1. The molecule has 1 aromatic rings. The van der Waals surface area contributed by atoms with Crippen molar-refractivity contribution in [2.24, 2.45) is 11.8 Å². The van der Waals surface area contributed by atoms with E-state index >= 15 is 0 Å². The molecule has 2 heterocycles. The maximum absolute atomic E-state index is 12.9. The number of hydrogen-bond acceptors (Lipinski definition) is 3. The molecule has 1 aromatic heterocycles. The highest BCUT2D eigenvalue weighted by Gasteiger charge is 2.33. The van der Waals surface area contributed by atoms with Crippen molar-refractivity contribution in [2.75, 3.05) is 27.2 Å². The van der Waals surface area contributed by atoms with Crippen molar-refractivity contribution >= 4 is 5.91 Å². The van der Waals surface area contributed by atoms with Gasteiger partial charge in [-0.15, -0.1) is 0 Å².